The summed E-state index contributed by atoms with van der Waals surface area (Å²) in [5.74, 6) is 0. The molecule has 0 heterocycles. The molecule has 0 bridgehead atoms. The zero-order chi connectivity index (χ0) is 12.3. The fourth-order valence-electron chi connectivity index (χ4n) is 1.54. The van der Waals surface area contributed by atoms with Crippen molar-refractivity contribution in [3.8, 4) is 0 Å². The van der Waals surface area contributed by atoms with Gasteiger partial charge in [0.25, 0.3) is 0 Å². The second-order valence-corrected chi connectivity index (χ2v) is 4.67. The Morgan fingerprint density at radius 1 is 0.842 bits per heavy atom. The van der Waals surface area contributed by atoms with Crippen LogP contribution in [0.4, 0.5) is 11.4 Å². The monoisotopic (exact) mass is 291 g/mol. The van der Waals surface area contributed by atoms with Crippen LogP contribution in [0.25, 0.3) is 0 Å². The van der Waals surface area contributed by atoms with Gasteiger partial charge in [0.15, 0.2) is 0 Å². The van der Waals surface area contributed by atoms with Gasteiger partial charge in [-0.3, -0.25) is 4.55 Å². The molecule has 2 rings (SSSR count). The molecule has 0 aliphatic carbocycles. The second kappa shape index (κ2) is 7.64. The largest absolute Gasteiger partial charge is 1.00 e. The molecule has 19 heavy (non-hydrogen) atoms. The van der Waals surface area contributed by atoms with E-state index in [0.29, 0.717) is 11.4 Å². The van der Waals surface area contributed by atoms with Crippen LogP contribution in [0.3, 0.4) is 0 Å². The summed E-state index contributed by atoms with van der Waals surface area (Å²) in [6.07, 6.45) is 0. The van der Waals surface area contributed by atoms with Gasteiger partial charge in [-0.05, 0) is 24.3 Å². The first-order valence-corrected chi connectivity index (χ1v) is 6.36. The molecule has 5 nitrogen and oxygen atoms in total. The van der Waals surface area contributed by atoms with Crippen molar-refractivity contribution < 1.29 is 49.4 Å². The molecule has 0 radical (unpaired) electrons. The minimum Gasteiger partial charge on any atom is -1.00 e. The first-order chi connectivity index (χ1) is 8.09. The van der Waals surface area contributed by atoms with E-state index in [0.717, 1.165) is 4.31 Å². The smallest absolute Gasteiger partial charge is 1.00 e. The number of rotatable bonds is 3. The van der Waals surface area contributed by atoms with Crippen molar-refractivity contribution in [3.05, 3.63) is 60.7 Å². The van der Waals surface area contributed by atoms with Crippen molar-refractivity contribution in [3.63, 3.8) is 0 Å². The molecule has 0 aliphatic rings. The van der Waals surface area contributed by atoms with Gasteiger partial charge in [-0.2, -0.15) is 8.42 Å². The Morgan fingerprint density at radius 3 is 1.42 bits per heavy atom. The quantitative estimate of drug-likeness (QED) is 0.576. The Labute approximate surface area is 135 Å². The SMILES string of the molecule is O.O=S(=O)(O)N(c1ccccc1)c1ccccc1.[H-].[Na+]. The molecule has 0 amide bonds. The molecule has 0 fully saturated rings. The van der Waals surface area contributed by atoms with E-state index in [2.05, 4.69) is 0 Å². The van der Waals surface area contributed by atoms with Crippen molar-refractivity contribution in [1.29, 1.82) is 0 Å². The van der Waals surface area contributed by atoms with Crippen LogP contribution in [0.2, 0.25) is 0 Å². The molecular weight excluding hydrogens is 277 g/mol. The van der Waals surface area contributed by atoms with E-state index in [9.17, 15) is 13.0 Å². The maximum atomic E-state index is 11.4. The molecule has 0 unspecified atom stereocenters. The average Bonchev–Trinajstić information content (AvgIpc) is 2.30. The predicted molar refractivity (Wildman–Crippen MR) is 71.3 cm³/mol. The molecule has 0 aliphatic heterocycles. The maximum absolute atomic E-state index is 11.4. The van der Waals surface area contributed by atoms with Gasteiger partial charge >= 0.3 is 39.9 Å². The average molecular weight is 291 g/mol. The van der Waals surface area contributed by atoms with Crippen LogP contribution < -0.4 is 33.9 Å². The number of benzene rings is 2. The molecule has 0 saturated carbocycles. The van der Waals surface area contributed by atoms with E-state index in [1.165, 1.54) is 0 Å². The zero-order valence-corrected chi connectivity index (χ0v) is 13.2. The number of hydrogen-bond donors (Lipinski definition) is 1. The third-order valence-corrected chi connectivity index (χ3v) is 3.10. The molecule has 0 saturated heterocycles. The van der Waals surface area contributed by atoms with Gasteiger partial charge in [-0.1, -0.05) is 36.4 Å². The van der Waals surface area contributed by atoms with Crippen LogP contribution in [-0.4, -0.2) is 18.4 Å². The normalized spacial score (nSPS) is 9.95. The van der Waals surface area contributed by atoms with Crippen molar-refractivity contribution in [1.82, 2.24) is 0 Å². The van der Waals surface area contributed by atoms with E-state index < -0.39 is 10.3 Å². The third kappa shape index (κ3) is 4.61. The number of nitrogens with zero attached hydrogens (tertiary/aromatic N) is 1. The summed E-state index contributed by atoms with van der Waals surface area (Å²) < 4.78 is 33.0. The summed E-state index contributed by atoms with van der Waals surface area (Å²) in [5, 5.41) is 0. The summed E-state index contributed by atoms with van der Waals surface area (Å²) in [6, 6.07) is 16.8. The van der Waals surface area contributed by atoms with Crippen LogP contribution in [0.5, 0.6) is 0 Å². The van der Waals surface area contributed by atoms with E-state index >= 15 is 0 Å². The van der Waals surface area contributed by atoms with Crippen LogP contribution in [-0.2, 0) is 10.3 Å². The Balaban J connectivity index is 0. The number of anilines is 2. The van der Waals surface area contributed by atoms with Crippen molar-refractivity contribution in [2.24, 2.45) is 0 Å². The molecular formula is C12H14NNaO4S. The van der Waals surface area contributed by atoms with E-state index in [1.807, 2.05) is 0 Å². The van der Waals surface area contributed by atoms with Gasteiger partial charge in [0.05, 0.1) is 11.4 Å². The van der Waals surface area contributed by atoms with Gasteiger partial charge < -0.3 is 6.90 Å². The van der Waals surface area contributed by atoms with E-state index in [1.54, 1.807) is 60.7 Å². The first kappa shape index (κ1) is 18.1. The van der Waals surface area contributed by atoms with Gasteiger partial charge in [0.1, 0.15) is 0 Å². The molecule has 3 N–H and O–H groups in total. The topological polar surface area (TPSA) is 89.1 Å². The number of para-hydroxylation sites is 2. The Bertz CT molecular complexity index is 556. The Morgan fingerprint density at radius 2 is 1.16 bits per heavy atom. The predicted octanol–water partition coefficient (Wildman–Crippen LogP) is -1.08. The molecule has 0 spiro atoms. The number of hydrogen-bond acceptors (Lipinski definition) is 2. The van der Waals surface area contributed by atoms with Crippen molar-refractivity contribution in [2.45, 2.75) is 0 Å². The van der Waals surface area contributed by atoms with Gasteiger partial charge in [-0.15, -0.1) is 0 Å². The zero-order valence-electron chi connectivity index (χ0n) is 11.4. The summed E-state index contributed by atoms with van der Waals surface area (Å²) in [5.41, 5.74) is 0.780. The fraction of sp³-hybridized carbons (Fsp3) is 0. The first-order valence-electron chi connectivity index (χ1n) is 4.97. The standard InChI is InChI=1S/C12H11NO3S.Na.H2O.H/c14-17(15,16)13(11-7-3-1-4-8-11)12-9-5-2-6-10-12;;;/h1-10H,(H,14,15,16);;1H2;/q;+1;;-1. The van der Waals surface area contributed by atoms with Crippen molar-refractivity contribution >= 4 is 21.7 Å². The Hall–Kier alpha value is -0.890. The molecule has 7 heteroatoms. The van der Waals surface area contributed by atoms with E-state index in [4.69, 9.17) is 0 Å². The third-order valence-electron chi connectivity index (χ3n) is 2.21. The van der Waals surface area contributed by atoms with Crippen LogP contribution in [0.1, 0.15) is 1.43 Å². The minimum absolute atomic E-state index is 0. The maximum Gasteiger partial charge on any atom is 1.00 e. The molecule has 98 valence electrons. The van der Waals surface area contributed by atoms with Crippen molar-refractivity contribution in [2.75, 3.05) is 4.31 Å². The summed E-state index contributed by atoms with van der Waals surface area (Å²) in [4.78, 5) is 0. The van der Waals surface area contributed by atoms with Crippen LogP contribution >= 0.6 is 0 Å². The molecule has 2 aromatic carbocycles. The van der Waals surface area contributed by atoms with Crippen LogP contribution in [0, 0.1) is 0 Å². The van der Waals surface area contributed by atoms with Gasteiger partial charge in [0, 0.05) is 0 Å². The van der Waals surface area contributed by atoms with Gasteiger partial charge in [0.2, 0.25) is 0 Å². The van der Waals surface area contributed by atoms with Gasteiger partial charge in [-0.25, -0.2) is 4.31 Å². The summed E-state index contributed by atoms with van der Waals surface area (Å²) in [6.45, 7) is 0. The fourth-order valence-corrected chi connectivity index (χ4v) is 2.32. The molecule has 0 aromatic heterocycles. The summed E-state index contributed by atoms with van der Waals surface area (Å²) >= 11 is 0. The summed E-state index contributed by atoms with van der Waals surface area (Å²) in [7, 11) is -4.34. The van der Waals surface area contributed by atoms with E-state index in [-0.39, 0.29) is 36.5 Å². The Kier molecular flexibility index (Phi) is 7.28. The minimum atomic E-state index is -4.34. The second-order valence-electron chi connectivity index (χ2n) is 3.41. The molecule has 2 aromatic rings. The van der Waals surface area contributed by atoms with Crippen LogP contribution in [0.15, 0.2) is 60.7 Å². The molecule has 0 atom stereocenters.